The zero-order chi connectivity index (χ0) is 19.5. The van der Waals surface area contributed by atoms with Crippen molar-refractivity contribution in [1.29, 1.82) is 0 Å². The van der Waals surface area contributed by atoms with E-state index >= 15 is 0 Å². The van der Waals surface area contributed by atoms with Crippen LogP contribution < -0.4 is 11.2 Å². The molecule has 4 atom stereocenters. The molecule has 1 aromatic rings. The van der Waals surface area contributed by atoms with E-state index in [2.05, 4.69) is 45.8 Å². The minimum atomic E-state index is -2.05. The normalized spacial score (nSPS) is 31.6. The number of nitrogens with one attached hydrogen (secondary N) is 1. The first kappa shape index (κ1) is 20.2. The highest BCUT2D eigenvalue weighted by Crippen LogP contribution is 2.50. The molecule has 1 unspecified atom stereocenters. The first-order chi connectivity index (χ1) is 11.9. The Bertz CT molecular complexity index is 815. The van der Waals surface area contributed by atoms with E-state index in [1.165, 1.54) is 10.8 Å². The predicted octanol–water partition coefficient (Wildman–Crippen LogP) is 2.61. The molecule has 2 aliphatic rings. The van der Waals surface area contributed by atoms with Crippen molar-refractivity contribution in [2.24, 2.45) is 0 Å². The van der Waals surface area contributed by atoms with Crippen LogP contribution >= 0.6 is 22.6 Å². The maximum atomic E-state index is 12.3. The maximum Gasteiger partial charge on any atom is 0.330 e. The van der Waals surface area contributed by atoms with Crippen molar-refractivity contribution in [3.8, 4) is 0 Å². The van der Waals surface area contributed by atoms with Gasteiger partial charge in [0.1, 0.15) is 17.8 Å². The molecule has 9 heteroatoms. The third-order valence-corrected chi connectivity index (χ3v) is 11.2. The predicted molar refractivity (Wildman–Crippen MR) is 109 cm³/mol. The van der Waals surface area contributed by atoms with Crippen molar-refractivity contribution in [2.45, 2.75) is 76.3 Å². The zero-order valence-electron chi connectivity index (χ0n) is 16.1. The highest BCUT2D eigenvalue weighted by atomic mass is 127. The fourth-order valence-electron chi connectivity index (χ4n) is 3.27. The number of fused-ring (bicyclic) bond motifs is 2. The molecule has 3 heterocycles. The molecule has 1 aromatic heterocycles. The molecule has 1 N–H and O–H groups in total. The molecular weight excluding hydrogens is 467 g/mol. The number of halogens is 1. The lowest BCUT2D eigenvalue weighted by molar-refractivity contribution is -0.175. The molecule has 2 fully saturated rings. The van der Waals surface area contributed by atoms with Crippen molar-refractivity contribution in [1.82, 2.24) is 9.55 Å². The summed E-state index contributed by atoms with van der Waals surface area (Å²) in [6.45, 7) is 13.5. The zero-order valence-corrected chi connectivity index (χ0v) is 19.2. The summed E-state index contributed by atoms with van der Waals surface area (Å²) >= 11 is 1.91. The Labute approximate surface area is 167 Å². The number of ether oxygens (including phenoxy) is 2. The molecule has 0 aromatic carbocycles. The summed E-state index contributed by atoms with van der Waals surface area (Å²) in [5.41, 5.74) is -1.45. The lowest BCUT2D eigenvalue weighted by Crippen LogP contribution is -2.51. The van der Waals surface area contributed by atoms with Gasteiger partial charge in [0.15, 0.2) is 14.5 Å². The average molecular weight is 494 g/mol. The van der Waals surface area contributed by atoms with Gasteiger partial charge in [-0.05, 0) is 47.1 Å². The fourth-order valence-corrected chi connectivity index (χ4v) is 5.04. The van der Waals surface area contributed by atoms with E-state index in [0.717, 1.165) is 6.42 Å². The molecule has 7 nitrogen and oxygen atoms in total. The first-order valence-electron chi connectivity index (χ1n) is 8.90. The van der Waals surface area contributed by atoms with Crippen LogP contribution in [0.3, 0.4) is 0 Å². The second kappa shape index (κ2) is 6.54. The van der Waals surface area contributed by atoms with E-state index in [0.29, 0.717) is 10.2 Å². The number of aromatic amines is 1. The van der Waals surface area contributed by atoms with Crippen LogP contribution in [0.5, 0.6) is 0 Å². The second-order valence-corrected chi connectivity index (χ2v) is 14.6. The Morgan fingerprint density at radius 3 is 2.65 bits per heavy atom. The third kappa shape index (κ3) is 3.15. The Balaban J connectivity index is 1.98. The average Bonchev–Trinajstić information content (AvgIpc) is 3.02. The van der Waals surface area contributed by atoms with E-state index < -0.39 is 31.4 Å². The maximum absolute atomic E-state index is 12.3. The summed E-state index contributed by atoms with van der Waals surface area (Å²) < 4.78 is 20.9. The van der Waals surface area contributed by atoms with Gasteiger partial charge in [-0.2, -0.15) is 0 Å². The highest BCUT2D eigenvalue weighted by molar-refractivity contribution is 14.1. The highest BCUT2D eigenvalue weighted by Gasteiger charge is 2.63. The lowest BCUT2D eigenvalue weighted by atomic mass is 9.96. The molecule has 2 aliphatic heterocycles. The van der Waals surface area contributed by atoms with Crippen LogP contribution in [-0.4, -0.2) is 42.3 Å². The second-order valence-electron chi connectivity index (χ2n) is 8.64. The third-order valence-electron chi connectivity index (χ3n) is 6.00. The van der Waals surface area contributed by atoms with E-state index in [4.69, 9.17) is 13.9 Å². The molecule has 0 amide bonds. The number of hydrogen-bond acceptors (Lipinski definition) is 5. The van der Waals surface area contributed by atoms with Crippen molar-refractivity contribution in [2.75, 3.05) is 6.61 Å². The molecule has 0 aliphatic carbocycles. The van der Waals surface area contributed by atoms with Crippen molar-refractivity contribution in [3.05, 3.63) is 30.6 Å². The van der Waals surface area contributed by atoms with Gasteiger partial charge >= 0.3 is 5.69 Å². The molecule has 146 valence electrons. The minimum Gasteiger partial charge on any atom is -0.408 e. The molecule has 26 heavy (non-hydrogen) atoms. The lowest BCUT2D eigenvalue weighted by Gasteiger charge is -2.40. The van der Waals surface area contributed by atoms with Crippen LogP contribution in [0.25, 0.3) is 0 Å². The van der Waals surface area contributed by atoms with Gasteiger partial charge in [0.05, 0.1) is 10.2 Å². The van der Waals surface area contributed by atoms with E-state index in [-0.39, 0.29) is 17.2 Å². The van der Waals surface area contributed by atoms with Crippen molar-refractivity contribution in [3.63, 3.8) is 0 Å². The molecule has 3 rings (SSSR count). The van der Waals surface area contributed by atoms with E-state index in [9.17, 15) is 9.59 Å². The number of nitrogens with zero attached hydrogens (tertiary/aromatic N) is 1. The smallest absolute Gasteiger partial charge is 0.330 e. The van der Waals surface area contributed by atoms with Gasteiger partial charge in [-0.15, -0.1) is 0 Å². The summed E-state index contributed by atoms with van der Waals surface area (Å²) in [7, 11) is -2.05. The number of hydrogen-bond donors (Lipinski definition) is 1. The minimum absolute atomic E-state index is 0.0592. The molecule has 0 radical (unpaired) electrons. The van der Waals surface area contributed by atoms with Crippen LogP contribution in [0, 0.1) is 3.57 Å². The van der Waals surface area contributed by atoms with Gasteiger partial charge < -0.3 is 13.9 Å². The SMILES string of the molecule is CC[C@]12CO[C@@H](C1O[Si](C)(C)C(C)(C)C)[C@H](n1cc(I)c(=O)[nH]c1=O)O2. The van der Waals surface area contributed by atoms with Gasteiger partial charge in [0.2, 0.25) is 0 Å². The van der Waals surface area contributed by atoms with Gasteiger partial charge in [0, 0.05) is 6.20 Å². The number of H-pyrrole nitrogens is 1. The summed E-state index contributed by atoms with van der Waals surface area (Å²) in [4.78, 5) is 26.4. The fraction of sp³-hybridized carbons (Fsp3) is 0.765. The number of aromatic nitrogens is 2. The van der Waals surface area contributed by atoms with E-state index in [1.54, 1.807) is 0 Å². The van der Waals surface area contributed by atoms with Crippen molar-refractivity contribution < 1.29 is 13.9 Å². The Morgan fingerprint density at radius 1 is 1.42 bits per heavy atom. The summed E-state index contributed by atoms with van der Waals surface area (Å²) in [6, 6.07) is 0. The molecule has 0 saturated carbocycles. The quantitative estimate of drug-likeness (QED) is 0.514. The van der Waals surface area contributed by atoms with Crippen LogP contribution in [0.15, 0.2) is 15.8 Å². The number of rotatable bonds is 4. The first-order valence-corrected chi connectivity index (χ1v) is 12.9. The summed E-state index contributed by atoms with van der Waals surface area (Å²) in [5.74, 6) is 0. The Hall–Kier alpha value is -0.493. The molecule has 2 bridgehead atoms. The van der Waals surface area contributed by atoms with Crippen LogP contribution in [0.2, 0.25) is 18.1 Å². The largest absolute Gasteiger partial charge is 0.408 e. The van der Waals surface area contributed by atoms with Gasteiger partial charge in [-0.3, -0.25) is 14.3 Å². The van der Waals surface area contributed by atoms with Crippen molar-refractivity contribution >= 4 is 30.9 Å². The van der Waals surface area contributed by atoms with Gasteiger partial charge in [-0.1, -0.05) is 27.7 Å². The molecule has 0 spiro atoms. The Morgan fingerprint density at radius 2 is 2.08 bits per heavy atom. The molecule has 2 saturated heterocycles. The summed E-state index contributed by atoms with van der Waals surface area (Å²) in [5, 5.41) is 0.0592. The van der Waals surface area contributed by atoms with Crippen LogP contribution in [0.1, 0.15) is 40.3 Å². The standard InChI is InChI=1S/C17H27IN2O5Si/c1-7-17-9-23-11(12(17)25-26(5,6)16(2,3)4)14(24-17)20-8-10(18)13(21)19-15(20)22/h8,11-12,14H,7,9H2,1-6H3,(H,19,21,22)/t11-,12?,14+,17-/m0/s1. The van der Waals surface area contributed by atoms with Gasteiger partial charge in [0.25, 0.3) is 5.56 Å². The van der Waals surface area contributed by atoms with Gasteiger partial charge in [-0.25, -0.2) is 4.79 Å². The summed E-state index contributed by atoms with van der Waals surface area (Å²) in [6.07, 6.45) is 1.06. The monoisotopic (exact) mass is 494 g/mol. The van der Waals surface area contributed by atoms with Crippen LogP contribution in [0.4, 0.5) is 0 Å². The topological polar surface area (TPSA) is 82.5 Å². The Kier molecular flexibility index (Phi) is 5.09. The molecular formula is C17H27IN2O5Si. The van der Waals surface area contributed by atoms with Crippen LogP contribution in [-0.2, 0) is 13.9 Å². The van der Waals surface area contributed by atoms with E-state index in [1.807, 2.05) is 22.6 Å².